The van der Waals surface area contributed by atoms with Gasteiger partial charge in [0.2, 0.25) is 5.91 Å². The first-order valence-corrected chi connectivity index (χ1v) is 4.00. The molecule has 1 unspecified atom stereocenters. The second kappa shape index (κ2) is 3.63. The Morgan fingerprint density at radius 2 is 2.25 bits per heavy atom. The van der Waals surface area contributed by atoms with Crippen LogP contribution in [0.4, 0.5) is 10.1 Å². The van der Waals surface area contributed by atoms with Gasteiger partial charge in [0.05, 0.1) is 0 Å². The Hall–Kier alpha value is -0.950. The highest BCUT2D eigenvalue weighted by Gasteiger charge is 1.99. The molecule has 2 nitrogen and oxygen atoms in total. The summed E-state index contributed by atoms with van der Waals surface area (Å²) in [5, 5.41) is 3.00. The topological polar surface area (TPSA) is 29.1 Å². The number of amides is 1. The minimum absolute atomic E-state index is 0.161. The summed E-state index contributed by atoms with van der Waals surface area (Å²) in [7, 11) is 2.26. The van der Waals surface area contributed by atoms with E-state index in [9.17, 15) is 9.18 Å². The van der Waals surface area contributed by atoms with E-state index in [-0.39, 0.29) is 11.7 Å². The molecule has 0 fully saturated rings. The van der Waals surface area contributed by atoms with Crippen molar-refractivity contribution in [1.82, 2.24) is 0 Å². The molecule has 0 aromatic heterocycles. The molecule has 1 atom stereocenters. The molecule has 0 radical (unpaired) electrons. The van der Waals surface area contributed by atoms with Crippen molar-refractivity contribution in [1.29, 1.82) is 0 Å². The minimum atomic E-state index is -0.297. The summed E-state index contributed by atoms with van der Waals surface area (Å²) >= 11 is 0. The van der Waals surface area contributed by atoms with E-state index in [1.807, 2.05) is 0 Å². The molecule has 0 aliphatic heterocycles. The molecule has 1 aromatic rings. The van der Waals surface area contributed by atoms with Gasteiger partial charge >= 0.3 is 0 Å². The quantitative estimate of drug-likeness (QED) is 0.656. The maximum absolute atomic E-state index is 12.7. The number of hydrogen-bond donors (Lipinski definition) is 1. The van der Waals surface area contributed by atoms with Gasteiger partial charge in [-0.05, 0) is 18.2 Å². The largest absolute Gasteiger partial charge is 0.326 e. The molecule has 0 bridgehead atoms. The summed E-state index contributed by atoms with van der Waals surface area (Å²) in [4.78, 5) is 10.6. The Kier molecular flexibility index (Phi) is 2.77. The van der Waals surface area contributed by atoms with Crippen LogP contribution in [0.2, 0.25) is 0 Å². The lowest BCUT2D eigenvalue weighted by molar-refractivity contribution is -0.114. The summed E-state index contributed by atoms with van der Waals surface area (Å²) in [5.74, 6) is -0.458. The van der Waals surface area contributed by atoms with Gasteiger partial charge in [0, 0.05) is 17.9 Å². The second-order valence-corrected chi connectivity index (χ2v) is 3.04. The lowest BCUT2D eigenvalue weighted by Crippen LogP contribution is -2.08. The van der Waals surface area contributed by atoms with E-state index in [1.54, 1.807) is 6.07 Å². The van der Waals surface area contributed by atoms with Gasteiger partial charge in [-0.2, -0.15) is 0 Å². The predicted molar refractivity (Wildman–Crippen MR) is 50.0 cm³/mol. The van der Waals surface area contributed by atoms with E-state index < -0.39 is 0 Å². The zero-order valence-electron chi connectivity index (χ0n) is 6.60. The van der Waals surface area contributed by atoms with E-state index >= 15 is 0 Å². The average Bonchev–Trinajstić information content (AvgIpc) is 1.96. The Balaban J connectivity index is 2.89. The summed E-state index contributed by atoms with van der Waals surface area (Å²) in [5.41, 5.74) is 0.605. The van der Waals surface area contributed by atoms with Crippen LogP contribution in [0.3, 0.4) is 0 Å². The summed E-state index contributed by atoms with van der Waals surface area (Å²) in [6.07, 6.45) is 0. The highest BCUT2D eigenvalue weighted by Crippen LogP contribution is 2.08. The van der Waals surface area contributed by atoms with Crippen molar-refractivity contribution in [2.24, 2.45) is 0 Å². The molecular formula is C8H9FNOP. The predicted octanol–water partition coefficient (Wildman–Crippen LogP) is 1.28. The molecule has 0 heterocycles. The number of carbonyl (C=O) groups excluding carboxylic acids is 1. The number of rotatable bonds is 1. The molecule has 0 aliphatic rings. The summed E-state index contributed by atoms with van der Waals surface area (Å²) in [6, 6.07) is 4.39. The van der Waals surface area contributed by atoms with Crippen molar-refractivity contribution in [3.05, 3.63) is 24.0 Å². The zero-order chi connectivity index (χ0) is 9.14. The normalized spacial score (nSPS) is 9.58. The van der Waals surface area contributed by atoms with Gasteiger partial charge in [-0.25, -0.2) is 4.39 Å². The van der Waals surface area contributed by atoms with Crippen molar-refractivity contribution in [3.8, 4) is 0 Å². The van der Waals surface area contributed by atoms with E-state index in [0.29, 0.717) is 11.0 Å². The van der Waals surface area contributed by atoms with E-state index in [2.05, 4.69) is 14.6 Å². The number of benzene rings is 1. The first-order valence-electron chi connectivity index (χ1n) is 3.42. The maximum Gasteiger partial charge on any atom is 0.221 e. The molecule has 1 rings (SSSR count). The number of carbonyl (C=O) groups is 1. The minimum Gasteiger partial charge on any atom is -0.326 e. The number of anilines is 1. The number of nitrogens with one attached hydrogen (secondary N) is 1. The van der Waals surface area contributed by atoms with E-state index in [1.165, 1.54) is 19.1 Å². The first-order chi connectivity index (χ1) is 5.59. The average molecular weight is 185 g/mol. The van der Waals surface area contributed by atoms with Crippen LogP contribution in [0.15, 0.2) is 18.2 Å². The van der Waals surface area contributed by atoms with Gasteiger partial charge in [-0.15, -0.1) is 9.24 Å². The van der Waals surface area contributed by atoms with Crippen molar-refractivity contribution in [2.45, 2.75) is 6.92 Å². The van der Waals surface area contributed by atoms with Gasteiger partial charge in [0.25, 0.3) is 0 Å². The van der Waals surface area contributed by atoms with Crippen molar-refractivity contribution < 1.29 is 9.18 Å². The Morgan fingerprint density at radius 3 is 2.75 bits per heavy atom. The van der Waals surface area contributed by atoms with Crippen LogP contribution in [0, 0.1) is 5.82 Å². The SMILES string of the molecule is CC(=O)Nc1ccc(F)c(P)c1. The van der Waals surface area contributed by atoms with Crippen LogP contribution >= 0.6 is 9.24 Å². The molecule has 64 valence electrons. The van der Waals surface area contributed by atoms with Crippen LogP contribution < -0.4 is 10.6 Å². The van der Waals surface area contributed by atoms with Gasteiger partial charge < -0.3 is 5.32 Å². The molecule has 0 saturated carbocycles. The van der Waals surface area contributed by atoms with Crippen LogP contribution in [-0.2, 0) is 4.79 Å². The fourth-order valence-corrected chi connectivity index (χ4v) is 1.10. The molecule has 0 aliphatic carbocycles. The summed E-state index contributed by atoms with van der Waals surface area (Å²) in [6.45, 7) is 1.41. The molecule has 12 heavy (non-hydrogen) atoms. The zero-order valence-corrected chi connectivity index (χ0v) is 7.75. The fraction of sp³-hybridized carbons (Fsp3) is 0.125. The summed E-state index contributed by atoms with van der Waals surface area (Å²) < 4.78 is 12.7. The monoisotopic (exact) mass is 185 g/mol. The van der Waals surface area contributed by atoms with Crippen LogP contribution in [0.25, 0.3) is 0 Å². The highest BCUT2D eigenvalue weighted by atomic mass is 31.0. The smallest absolute Gasteiger partial charge is 0.221 e. The van der Waals surface area contributed by atoms with Crippen molar-refractivity contribution in [3.63, 3.8) is 0 Å². The standard InChI is InChI=1S/C8H9FNOP/c1-5(11)10-6-2-3-7(9)8(12)4-6/h2-4H,12H2,1H3,(H,10,11). The van der Waals surface area contributed by atoms with Crippen LogP contribution in [0.5, 0.6) is 0 Å². The third-order valence-corrected chi connectivity index (χ3v) is 1.76. The van der Waals surface area contributed by atoms with Crippen LogP contribution in [0.1, 0.15) is 6.92 Å². The molecule has 0 saturated heterocycles. The number of halogens is 1. The molecule has 1 N–H and O–H groups in total. The van der Waals surface area contributed by atoms with E-state index in [0.717, 1.165) is 0 Å². The third-order valence-electron chi connectivity index (χ3n) is 1.32. The fourth-order valence-electron chi connectivity index (χ4n) is 0.825. The van der Waals surface area contributed by atoms with Crippen molar-refractivity contribution >= 4 is 26.1 Å². The Morgan fingerprint density at radius 1 is 1.58 bits per heavy atom. The van der Waals surface area contributed by atoms with E-state index in [4.69, 9.17) is 0 Å². The third kappa shape index (κ3) is 2.28. The van der Waals surface area contributed by atoms with Crippen molar-refractivity contribution in [2.75, 3.05) is 5.32 Å². The molecular weight excluding hydrogens is 176 g/mol. The Bertz CT molecular complexity index is 314. The lowest BCUT2D eigenvalue weighted by Gasteiger charge is -2.02. The van der Waals surface area contributed by atoms with Gasteiger partial charge in [0.15, 0.2) is 0 Å². The second-order valence-electron chi connectivity index (χ2n) is 2.42. The van der Waals surface area contributed by atoms with Gasteiger partial charge in [0.1, 0.15) is 5.82 Å². The lowest BCUT2D eigenvalue weighted by atomic mass is 10.3. The highest BCUT2D eigenvalue weighted by molar-refractivity contribution is 7.27. The maximum atomic E-state index is 12.7. The number of hydrogen-bond acceptors (Lipinski definition) is 1. The molecule has 1 amide bonds. The van der Waals surface area contributed by atoms with Crippen LogP contribution in [-0.4, -0.2) is 5.91 Å². The first kappa shape index (κ1) is 9.14. The molecule has 0 spiro atoms. The molecule has 4 heteroatoms. The van der Waals surface area contributed by atoms with Gasteiger partial charge in [-0.3, -0.25) is 4.79 Å². The molecule has 1 aromatic carbocycles. The van der Waals surface area contributed by atoms with Gasteiger partial charge in [-0.1, -0.05) is 0 Å². The Labute approximate surface area is 72.4 Å².